The van der Waals surface area contributed by atoms with Crippen LogP contribution in [0.1, 0.15) is 26.3 Å². The number of carbonyl (C=O) groups excluding carboxylic acids is 1. The molecule has 2 heterocycles. The number of benzene rings is 1. The van der Waals surface area contributed by atoms with Gasteiger partial charge in [0.25, 0.3) is 0 Å². The van der Waals surface area contributed by atoms with E-state index in [2.05, 4.69) is 27.2 Å². The van der Waals surface area contributed by atoms with Gasteiger partial charge in [-0.2, -0.15) is 0 Å². The van der Waals surface area contributed by atoms with Crippen LogP contribution in [-0.2, 0) is 4.79 Å². The van der Waals surface area contributed by atoms with Crippen molar-refractivity contribution in [1.29, 1.82) is 0 Å². The maximum atomic E-state index is 13.2. The number of nitrogens with one attached hydrogen (secondary N) is 1. The number of anilines is 1. The number of hydrogen-bond acceptors (Lipinski definition) is 4. The second-order valence-electron chi connectivity index (χ2n) is 6.77. The lowest BCUT2D eigenvalue weighted by molar-refractivity contribution is -0.123. The number of carbonyl (C=O) groups is 1. The normalized spacial score (nSPS) is 11.1. The molecule has 0 saturated heterocycles. The first-order valence-corrected chi connectivity index (χ1v) is 7.90. The molecule has 1 aromatic rings. The Hall–Kier alpha value is -3.40. The van der Waals surface area contributed by atoms with Crippen molar-refractivity contribution in [2.45, 2.75) is 20.8 Å². The minimum atomic E-state index is -0.572. The molecule has 0 bridgehead atoms. The zero-order valence-corrected chi connectivity index (χ0v) is 14.5. The van der Waals surface area contributed by atoms with E-state index in [1.165, 1.54) is 29.1 Å². The molecule has 0 radical (unpaired) electrons. The molecule has 2 N–H and O–H groups in total. The molecule has 2 aliphatic heterocycles. The Morgan fingerprint density at radius 2 is 2.08 bits per heavy atom. The van der Waals surface area contributed by atoms with Crippen LogP contribution in [0.25, 0.3) is 11.4 Å². The Morgan fingerprint density at radius 1 is 1.31 bits per heavy atom. The SMILES string of the molecule is CC(C)(C)C(=O)Nc1cc2c(O)n(C#Cc3cccc(F)c3)cnc-2n1. The zero-order valence-electron chi connectivity index (χ0n) is 14.5. The van der Waals surface area contributed by atoms with E-state index in [1.807, 2.05) is 0 Å². The Labute approximate surface area is 150 Å². The van der Waals surface area contributed by atoms with E-state index in [0.29, 0.717) is 16.9 Å². The van der Waals surface area contributed by atoms with Crippen LogP contribution in [0.3, 0.4) is 0 Å². The monoisotopic (exact) mass is 352 g/mol. The van der Waals surface area contributed by atoms with Crippen molar-refractivity contribution in [3.8, 4) is 29.2 Å². The quantitative estimate of drug-likeness (QED) is 0.660. The Morgan fingerprint density at radius 3 is 2.77 bits per heavy atom. The molecule has 0 unspecified atom stereocenters. The van der Waals surface area contributed by atoms with Gasteiger partial charge in [-0.25, -0.2) is 18.9 Å². The summed E-state index contributed by atoms with van der Waals surface area (Å²) in [7, 11) is 0. The molecule has 0 fully saturated rings. The lowest BCUT2D eigenvalue weighted by Gasteiger charge is -2.16. The molecule has 0 atom stereocenters. The molecular formula is C19H17FN4O2. The smallest absolute Gasteiger partial charge is 0.230 e. The summed E-state index contributed by atoms with van der Waals surface area (Å²) in [5.74, 6) is 2.59. The molecule has 132 valence electrons. The Balaban J connectivity index is 1.92. The molecule has 0 aliphatic carbocycles. The highest BCUT2D eigenvalue weighted by molar-refractivity contribution is 5.94. The van der Waals surface area contributed by atoms with Crippen LogP contribution in [0.4, 0.5) is 10.2 Å². The van der Waals surface area contributed by atoms with Crippen LogP contribution in [0.15, 0.2) is 36.7 Å². The first kappa shape index (κ1) is 17.4. The van der Waals surface area contributed by atoms with Gasteiger partial charge in [-0.15, -0.1) is 0 Å². The van der Waals surface area contributed by atoms with Gasteiger partial charge in [0, 0.05) is 17.0 Å². The fourth-order valence-electron chi connectivity index (χ4n) is 2.11. The summed E-state index contributed by atoms with van der Waals surface area (Å²) < 4.78 is 14.4. The molecule has 26 heavy (non-hydrogen) atoms. The van der Waals surface area contributed by atoms with E-state index < -0.39 is 5.41 Å². The molecule has 1 amide bonds. The standard InChI is InChI=1S/C19H17FN4O2/c1-19(2,3)18(26)23-15-10-14-16(22-15)21-11-24(17(14)25)8-7-12-5-4-6-13(20)9-12/h4-6,9-11,25H,1-3H3,(H,23,26). The maximum absolute atomic E-state index is 13.2. The number of fused-ring (bicyclic) bond motifs is 1. The summed E-state index contributed by atoms with van der Waals surface area (Å²) in [4.78, 5) is 20.4. The number of aromatic nitrogens is 3. The maximum Gasteiger partial charge on any atom is 0.230 e. The number of halogens is 1. The van der Waals surface area contributed by atoms with Crippen LogP contribution in [-0.4, -0.2) is 25.5 Å². The number of rotatable bonds is 1. The van der Waals surface area contributed by atoms with E-state index >= 15 is 0 Å². The lowest BCUT2D eigenvalue weighted by atomic mass is 9.96. The third-order valence-electron chi connectivity index (χ3n) is 3.58. The lowest BCUT2D eigenvalue weighted by Crippen LogP contribution is -2.27. The van der Waals surface area contributed by atoms with Gasteiger partial charge >= 0.3 is 0 Å². The summed E-state index contributed by atoms with van der Waals surface area (Å²) in [5.41, 5.74) is 0.248. The summed E-state index contributed by atoms with van der Waals surface area (Å²) in [5, 5.41) is 13.1. The molecule has 3 rings (SSSR count). The third kappa shape index (κ3) is 3.64. The van der Waals surface area contributed by atoms with Crippen LogP contribution in [0, 0.1) is 23.2 Å². The number of nitrogens with zero attached hydrogens (tertiary/aromatic N) is 3. The van der Waals surface area contributed by atoms with E-state index in [-0.39, 0.29) is 23.4 Å². The van der Waals surface area contributed by atoms with Gasteiger partial charge in [-0.3, -0.25) is 4.79 Å². The van der Waals surface area contributed by atoms with Crippen molar-refractivity contribution < 1.29 is 14.3 Å². The Kier molecular flexibility index (Phi) is 4.34. The van der Waals surface area contributed by atoms with Crippen molar-refractivity contribution >= 4 is 11.7 Å². The fraction of sp³-hybridized carbons (Fsp3) is 0.211. The summed E-state index contributed by atoms with van der Waals surface area (Å²) in [6.45, 7) is 5.37. The second-order valence-corrected chi connectivity index (χ2v) is 6.77. The predicted molar refractivity (Wildman–Crippen MR) is 95.1 cm³/mol. The molecule has 2 aliphatic rings. The fourth-order valence-corrected chi connectivity index (χ4v) is 2.11. The molecule has 1 aromatic carbocycles. The number of hydrogen-bond donors (Lipinski definition) is 2. The highest BCUT2D eigenvalue weighted by Crippen LogP contribution is 2.31. The highest BCUT2D eigenvalue weighted by atomic mass is 19.1. The van der Waals surface area contributed by atoms with Gasteiger partial charge in [0.1, 0.15) is 18.0 Å². The molecule has 0 saturated carbocycles. The van der Waals surface area contributed by atoms with Gasteiger partial charge in [0.05, 0.1) is 5.56 Å². The highest BCUT2D eigenvalue weighted by Gasteiger charge is 2.24. The van der Waals surface area contributed by atoms with E-state index in [4.69, 9.17) is 0 Å². The van der Waals surface area contributed by atoms with Gasteiger partial charge in [0.2, 0.25) is 11.8 Å². The summed E-state index contributed by atoms with van der Waals surface area (Å²) >= 11 is 0. The first-order valence-electron chi connectivity index (χ1n) is 7.90. The van der Waals surface area contributed by atoms with E-state index in [0.717, 1.165) is 0 Å². The van der Waals surface area contributed by atoms with Crippen molar-refractivity contribution in [3.05, 3.63) is 48.0 Å². The van der Waals surface area contributed by atoms with E-state index in [1.54, 1.807) is 32.9 Å². The average Bonchev–Trinajstić information content (AvgIpc) is 2.97. The summed E-state index contributed by atoms with van der Waals surface area (Å²) in [6.07, 6.45) is 1.31. The molecule has 7 heteroatoms. The van der Waals surface area contributed by atoms with Crippen molar-refractivity contribution in [3.63, 3.8) is 0 Å². The average molecular weight is 352 g/mol. The predicted octanol–water partition coefficient (Wildman–Crippen LogP) is 3.07. The van der Waals surface area contributed by atoms with Gasteiger partial charge in [-0.1, -0.05) is 26.8 Å². The number of aromatic hydroxyl groups is 1. The summed E-state index contributed by atoms with van der Waals surface area (Å²) in [6, 6.07) is 10.1. The van der Waals surface area contributed by atoms with Crippen molar-refractivity contribution in [2.75, 3.05) is 5.32 Å². The third-order valence-corrected chi connectivity index (χ3v) is 3.58. The van der Waals surface area contributed by atoms with Crippen molar-refractivity contribution in [2.24, 2.45) is 5.41 Å². The minimum absolute atomic E-state index is 0.164. The van der Waals surface area contributed by atoms with Gasteiger partial charge in [0.15, 0.2) is 5.82 Å². The van der Waals surface area contributed by atoms with Gasteiger partial charge < -0.3 is 10.4 Å². The molecular weight excluding hydrogens is 335 g/mol. The molecule has 0 aromatic heterocycles. The topological polar surface area (TPSA) is 80.0 Å². The van der Waals surface area contributed by atoms with Gasteiger partial charge in [-0.05, 0) is 30.2 Å². The van der Waals surface area contributed by atoms with E-state index in [9.17, 15) is 14.3 Å². The van der Waals surface area contributed by atoms with Crippen LogP contribution >= 0.6 is 0 Å². The second kappa shape index (κ2) is 6.48. The molecule has 6 nitrogen and oxygen atoms in total. The zero-order chi connectivity index (χ0) is 18.9. The van der Waals surface area contributed by atoms with Crippen molar-refractivity contribution in [1.82, 2.24) is 14.5 Å². The largest absolute Gasteiger partial charge is 0.493 e. The molecule has 0 spiro atoms. The number of amides is 1. The Bertz CT molecular complexity index is 1010. The minimum Gasteiger partial charge on any atom is -0.493 e. The van der Waals surface area contributed by atoms with Crippen LogP contribution in [0.5, 0.6) is 5.88 Å². The first-order chi connectivity index (χ1) is 12.2. The van der Waals surface area contributed by atoms with Crippen LogP contribution < -0.4 is 5.32 Å². The van der Waals surface area contributed by atoms with Crippen LogP contribution in [0.2, 0.25) is 0 Å².